The van der Waals surface area contributed by atoms with Gasteiger partial charge in [-0.25, -0.2) is 0 Å². The summed E-state index contributed by atoms with van der Waals surface area (Å²) < 4.78 is 10.3. The van der Waals surface area contributed by atoms with Gasteiger partial charge in [-0.1, -0.05) is 30.3 Å². The lowest BCUT2D eigenvalue weighted by Gasteiger charge is -2.15. The Morgan fingerprint density at radius 2 is 1.92 bits per heavy atom. The van der Waals surface area contributed by atoms with E-state index in [-0.39, 0.29) is 36.5 Å². The third kappa shape index (κ3) is 10.1. The molecule has 1 aromatic carbocycles. The lowest BCUT2D eigenvalue weighted by atomic mass is 10.0. The summed E-state index contributed by atoms with van der Waals surface area (Å²) in [7, 11) is 1.65. The molecule has 0 radical (unpaired) electrons. The highest BCUT2D eigenvalue weighted by Gasteiger charge is 2.09. The van der Waals surface area contributed by atoms with Crippen LogP contribution in [0.1, 0.15) is 18.4 Å². The zero-order valence-corrected chi connectivity index (χ0v) is 16.9. The van der Waals surface area contributed by atoms with Crippen molar-refractivity contribution in [2.24, 2.45) is 4.99 Å². The van der Waals surface area contributed by atoms with Crippen molar-refractivity contribution in [2.45, 2.75) is 12.8 Å². The molecule has 0 spiro atoms. The summed E-state index contributed by atoms with van der Waals surface area (Å²) in [5.41, 5.74) is 1.09. The van der Waals surface area contributed by atoms with Gasteiger partial charge in [-0.05, 0) is 12.5 Å². The molecule has 1 unspecified atom stereocenters. The van der Waals surface area contributed by atoms with Crippen molar-refractivity contribution in [1.29, 1.82) is 0 Å². The molecule has 3 N–H and O–H groups in total. The number of aliphatic hydroxyl groups excluding tert-OH is 1. The first kappa shape index (κ1) is 23.1. The second-order valence-electron chi connectivity index (χ2n) is 5.04. The second-order valence-corrected chi connectivity index (χ2v) is 5.04. The second kappa shape index (κ2) is 15.6. The highest BCUT2D eigenvalue weighted by molar-refractivity contribution is 14.0. The fourth-order valence-corrected chi connectivity index (χ4v) is 2.02. The molecule has 7 heteroatoms. The Bertz CT molecular complexity index is 432. The summed E-state index contributed by atoms with van der Waals surface area (Å²) in [6, 6.07) is 9.95. The topological polar surface area (TPSA) is 75.1 Å². The van der Waals surface area contributed by atoms with Crippen LogP contribution < -0.4 is 10.6 Å². The zero-order valence-electron chi connectivity index (χ0n) is 14.5. The van der Waals surface area contributed by atoms with Crippen molar-refractivity contribution in [3.05, 3.63) is 35.9 Å². The quantitative estimate of drug-likeness (QED) is 0.206. The van der Waals surface area contributed by atoms with Gasteiger partial charge in [0.05, 0.1) is 33.0 Å². The molecule has 24 heavy (non-hydrogen) atoms. The van der Waals surface area contributed by atoms with E-state index < -0.39 is 0 Å². The van der Waals surface area contributed by atoms with Crippen LogP contribution >= 0.6 is 24.0 Å². The van der Waals surface area contributed by atoms with Crippen LogP contribution in [0.25, 0.3) is 0 Å². The van der Waals surface area contributed by atoms with E-state index in [9.17, 15) is 5.11 Å². The summed E-state index contributed by atoms with van der Waals surface area (Å²) in [6.07, 6.45) is 0. The number of ether oxygens (including phenoxy) is 2. The number of methoxy groups -OCH3 is 1. The number of guanidine groups is 1. The van der Waals surface area contributed by atoms with Crippen LogP contribution in [0.5, 0.6) is 0 Å². The van der Waals surface area contributed by atoms with Crippen molar-refractivity contribution in [2.75, 3.05) is 53.2 Å². The van der Waals surface area contributed by atoms with Crippen LogP contribution in [0.15, 0.2) is 35.3 Å². The molecular weight excluding hydrogens is 421 g/mol. The van der Waals surface area contributed by atoms with E-state index in [2.05, 4.69) is 15.6 Å². The fourth-order valence-electron chi connectivity index (χ4n) is 2.02. The lowest BCUT2D eigenvalue weighted by Crippen LogP contribution is -2.39. The number of benzene rings is 1. The summed E-state index contributed by atoms with van der Waals surface area (Å²) in [6.45, 7) is 5.86. The van der Waals surface area contributed by atoms with Crippen LogP contribution in [-0.4, -0.2) is 64.2 Å². The van der Waals surface area contributed by atoms with Crippen LogP contribution in [0.4, 0.5) is 0 Å². The molecule has 0 aliphatic rings. The first-order valence-corrected chi connectivity index (χ1v) is 8.06. The highest BCUT2D eigenvalue weighted by atomic mass is 127. The SMILES string of the molecule is CCNC(=NCC(CO)c1ccccc1)NCCOCCOC.I. The van der Waals surface area contributed by atoms with E-state index in [4.69, 9.17) is 9.47 Å². The number of nitrogens with one attached hydrogen (secondary N) is 2. The van der Waals surface area contributed by atoms with Gasteiger partial charge in [0, 0.05) is 26.1 Å². The first-order valence-electron chi connectivity index (χ1n) is 8.06. The molecule has 0 aliphatic heterocycles. The Balaban J connectivity index is 0.00000529. The van der Waals surface area contributed by atoms with E-state index in [1.165, 1.54) is 0 Å². The first-order chi connectivity index (χ1) is 11.3. The standard InChI is InChI=1S/C17H29N3O3.HI/c1-3-18-17(19-9-10-23-12-11-22-2)20-13-16(14-21)15-7-5-4-6-8-15;/h4-8,16,21H,3,9-14H2,1-2H3,(H2,18,19,20);1H. The lowest BCUT2D eigenvalue weighted by molar-refractivity contribution is 0.0733. The van der Waals surface area contributed by atoms with Crippen molar-refractivity contribution >= 4 is 29.9 Å². The van der Waals surface area contributed by atoms with Gasteiger partial charge in [-0.2, -0.15) is 0 Å². The molecule has 1 aromatic rings. The zero-order chi connectivity index (χ0) is 16.8. The minimum absolute atomic E-state index is 0. The largest absolute Gasteiger partial charge is 0.396 e. The van der Waals surface area contributed by atoms with E-state index in [0.29, 0.717) is 32.9 Å². The Kier molecular flexibility index (Phi) is 15.0. The number of rotatable bonds is 11. The summed E-state index contributed by atoms with van der Waals surface area (Å²) in [4.78, 5) is 4.55. The number of halogens is 1. The molecule has 1 rings (SSSR count). The number of hydrogen-bond donors (Lipinski definition) is 3. The third-order valence-electron chi connectivity index (χ3n) is 3.28. The molecule has 0 heterocycles. The average Bonchev–Trinajstić information content (AvgIpc) is 2.59. The molecule has 0 aliphatic carbocycles. The number of nitrogens with zero attached hydrogens (tertiary/aromatic N) is 1. The molecular formula is C17H30IN3O3. The van der Waals surface area contributed by atoms with E-state index in [1.807, 2.05) is 37.3 Å². The van der Waals surface area contributed by atoms with Gasteiger partial charge in [0.25, 0.3) is 0 Å². The molecule has 0 fully saturated rings. The summed E-state index contributed by atoms with van der Waals surface area (Å²) in [5, 5.41) is 16.0. The summed E-state index contributed by atoms with van der Waals surface area (Å²) in [5.74, 6) is 0.738. The number of aliphatic imine (C=N–C) groups is 1. The molecule has 0 aromatic heterocycles. The van der Waals surface area contributed by atoms with Crippen molar-refractivity contribution in [3.8, 4) is 0 Å². The van der Waals surface area contributed by atoms with Crippen molar-refractivity contribution in [1.82, 2.24) is 10.6 Å². The van der Waals surface area contributed by atoms with Gasteiger partial charge in [-0.3, -0.25) is 4.99 Å². The summed E-state index contributed by atoms with van der Waals surface area (Å²) >= 11 is 0. The van der Waals surface area contributed by atoms with Crippen LogP contribution in [0, 0.1) is 0 Å². The van der Waals surface area contributed by atoms with Gasteiger partial charge >= 0.3 is 0 Å². The molecule has 0 bridgehead atoms. The minimum Gasteiger partial charge on any atom is -0.396 e. The predicted molar refractivity (Wildman–Crippen MR) is 108 cm³/mol. The van der Waals surface area contributed by atoms with E-state index in [1.54, 1.807) is 7.11 Å². The smallest absolute Gasteiger partial charge is 0.191 e. The van der Waals surface area contributed by atoms with Gasteiger partial charge in [0.2, 0.25) is 0 Å². The monoisotopic (exact) mass is 451 g/mol. The predicted octanol–water partition coefficient (Wildman–Crippen LogP) is 1.60. The molecule has 0 saturated carbocycles. The third-order valence-corrected chi connectivity index (χ3v) is 3.28. The minimum atomic E-state index is 0. The van der Waals surface area contributed by atoms with Gasteiger partial charge in [-0.15, -0.1) is 24.0 Å². The maximum atomic E-state index is 9.58. The van der Waals surface area contributed by atoms with Gasteiger partial charge < -0.3 is 25.2 Å². The maximum absolute atomic E-state index is 9.58. The van der Waals surface area contributed by atoms with Crippen molar-refractivity contribution in [3.63, 3.8) is 0 Å². The average molecular weight is 451 g/mol. The molecule has 138 valence electrons. The number of aliphatic hydroxyl groups is 1. The number of hydrogen-bond acceptors (Lipinski definition) is 4. The molecule has 6 nitrogen and oxygen atoms in total. The van der Waals surface area contributed by atoms with E-state index >= 15 is 0 Å². The Morgan fingerprint density at radius 1 is 1.17 bits per heavy atom. The van der Waals surface area contributed by atoms with Crippen LogP contribution in [-0.2, 0) is 9.47 Å². The Labute approximate surface area is 162 Å². The van der Waals surface area contributed by atoms with Crippen molar-refractivity contribution < 1.29 is 14.6 Å². The highest BCUT2D eigenvalue weighted by Crippen LogP contribution is 2.14. The Morgan fingerprint density at radius 3 is 2.54 bits per heavy atom. The van der Waals surface area contributed by atoms with Crippen LogP contribution in [0.3, 0.4) is 0 Å². The molecule has 0 amide bonds. The van der Waals surface area contributed by atoms with Gasteiger partial charge in [0.15, 0.2) is 5.96 Å². The van der Waals surface area contributed by atoms with Gasteiger partial charge in [0.1, 0.15) is 0 Å². The van der Waals surface area contributed by atoms with E-state index in [0.717, 1.165) is 18.1 Å². The molecule has 1 atom stereocenters. The Hall–Kier alpha value is -0.900. The normalized spacial score (nSPS) is 12.4. The van der Waals surface area contributed by atoms with Crippen LogP contribution in [0.2, 0.25) is 0 Å². The maximum Gasteiger partial charge on any atom is 0.191 e. The molecule has 0 saturated heterocycles. The fraction of sp³-hybridized carbons (Fsp3) is 0.588.